The van der Waals surface area contributed by atoms with Crippen LogP contribution in [0.3, 0.4) is 0 Å². The molecule has 0 radical (unpaired) electrons. The Kier molecular flexibility index (Phi) is 5.32. The van der Waals surface area contributed by atoms with Crippen molar-refractivity contribution in [3.05, 3.63) is 106 Å². The van der Waals surface area contributed by atoms with E-state index in [1.165, 1.54) is 16.8 Å². The van der Waals surface area contributed by atoms with Crippen LogP contribution in [-0.2, 0) is 6.54 Å². The second-order valence-corrected chi connectivity index (χ2v) is 7.11. The van der Waals surface area contributed by atoms with Crippen molar-refractivity contribution in [2.24, 2.45) is 0 Å². The summed E-state index contributed by atoms with van der Waals surface area (Å²) in [6.07, 6.45) is 0. The summed E-state index contributed by atoms with van der Waals surface area (Å²) in [7, 11) is 0. The van der Waals surface area contributed by atoms with Gasteiger partial charge in [-0.05, 0) is 35.7 Å². The maximum atomic E-state index is 13.1. The molecule has 0 saturated carbocycles. The molecule has 1 aromatic heterocycles. The van der Waals surface area contributed by atoms with Gasteiger partial charge < -0.3 is 15.2 Å². The standard InChI is InChI=1S/C24H19N3O4/c1-15-11-12-17(24(30)31)13-20(15)25-22(28)21-18-9-5-6-10-19(18)23(29)27(26-21)14-16-7-3-2-4-8-16/h2-13H,14H2,1H3,(H,25,28)(H,30,31)/p-1. The van der Waals surface area contributed by atoms with E-state index >= 15 is 0 Å². The number of aromatic carboxylic acids is 1. The number of hydrogen-bond acceptors (Lipinski definition) is 5. The molecule has 4 rings (SSSR count). The summed E-state index contributed by atoms with van der Waals surface area (Å²) in [5.41, 5.74) is 1.61. The Morgan fingerprint density at radius 3 is 2.35 bits per heavy atom. The minimum atomic E-state index is -1.34. The monoisotopic (exact) mass is 412 g/mol. The van der Waals surface area contributed by atoms with Gasteiger partial charge in [-0.15, -0.1) is 0 Å². The van der Waals surface area contributed by atoms with Crippen LogP contribution >= 0.6 is 0 Å². The number of amides is 1. The summed E-state index contributed by atoms with van der Waals surface area (Å²) >= 11 is 0. The number of nitrogens with one attached hydrogen (secondary N) is 1. The van der Waals surface area contributed by atoms with Gasteiger partial charge in [0.05, 0.1) is 17.9 Å². The first-order valence-corrected chi connectivity index (χ1v) is 9.61. The number of aromatic nitrogens is 2. The number of anilines is 1. The van der Waals surface area contributed by atoms with Crippen LogP contribution in [0.4, 0.5) is 5.69 Å². The zero-order valence-electron chi connectivity index (χ0n) is 16.7. The molecule has 1 amide bonds. The maximum absolute atomic E-state index is 13.1. The zero-order chi connectivity index (χ0) is 22.0. The van der Waals surface area contributed by atoms with Crippen LogP contribution < -0.4 is 16.0 Å². The number of carbonyl (C=O) groups is 2. The van der Waals surface area contributed by atoms with Gasteiger partial charge in [0, 0.05) is 11.1 Å². The molecule has 0 atom stereocenters. The fraction of sp³-hybridized carbons (Fsp3) is 0.0833. The van der Waals surface area contributed by atoms with Crippen molar-refractivity contribution in [3.8, 4) is 0 Å². The van der Waals surface area contributed by atoms with E-state index in [0.29, 0.717) is 22.0 Å². The van der Waals surface area contributed by atoms with Gasteiger partial charge in [0.25, 0.3) is 11.5 Å². The van der Waals surface area contributed by atoms with Gasteiger partial charge in [0.2, 0.25) is 0 Å². The quantitative estimate of drug-likeness (QED) is 0.542. The third kappa shape index (κ3) is 4.06. The molecule has 7 nitrogen and oxygen atoms in total. The lowest BCUT2D eigenvalue weighted by molar-refractivity contribution is -0.255. The number of rotatable bonds is 5. The minimum absolute atomic E-state index is 0.0484. The fourth-order valence-corrected chi connectivity index (χ4v) is 3.33. The molecule has 0 unspecified atom stereocenters. The van der Waals surface area contributed by atoms with Gasteiger partial charge in [0.1, 0.15) is 0 Å². The number of carbonyl (C=O) groups excluding carboxylic acids is 2. The van der Waals surface area contributed by atoms with Crippen LogP contribution in [0.2, 0.25) is 0 Å². The Bertz CT molecular complexity index is 1360. The second kappa shape index (κ2) is 8.23. The Hall–Kier alpha value is -4.26. The third-order valence-corrected chi connectivity index (χ3v) is 4.98. The van der Waals surface area contributed by atoms with Gasteiger partial charge in [-0.25, -0.2) is 4.68 Å². The number of nitrogens with zero attached hydrogens (tertiary/aromatic N) is 2. The predicted molar refractivity (Wildman–Crippen MR) is 115 cm³/mol. The Balaban J connectivity index is 1.79. The van der Waals surface area contributed by atoms with Crippen molar-refractivity contribution in [2.75, 3.05) is 5.32 Å². The molecule has 0 saturated heterocycles. The van der Waals surface area contributed by atoms with Crippen molar-refractivity contribution >= 4 is 28.3 Å². The van der Waals surface area contributed by atoms with E-state index in [2.05, 4.69) is 10.4 Å². The average Bonchev–Trinajstić information content (AvgIpc) is 2.77. The Morgan fingerprint density at radius 1 is 0.968 bits per heavy atom. The highest BCUT2D eigenvalue weighted by Gasteiger charge is 2.18. The summed E-state index contributed by atoms with van der Waals surface area (Å²) in [5.74, 6) is -1.88. The highest BCUT2D eigenvalue weighted by Crippen LogP contribution is 2.20. The summed E-state index contributed by atoms with van der Waals surface area (Å²) in [5, 5.41) is 19.0. The largest absolute Gasteiger partial charge is 0.545 e. The van der Waals surface area contributed by atoms with Crippen molar-refractivity contribution in [1.82, 2.24) is 9.78 Å². The van der Waals surface area contributed by atoms with Crippen LogP contribution in [0.5, 0.6) is 0 Å². The van der Waals surface area contributed by atoms with Gasteiger partial charge in [0.15, 0.2) is 5.69 Å². The lowest BCUT2D eigenvalue weighted by Gasteiger charge is -2.13. The minimum Gasteiger partial charge on any atom is -0.545 e. The molecule has 0 aliphatic rings. The predicted octanol–water partition coefficient (Wildman–Crippen LogP) is 2.37. The van der Waals surface area contributed by atoms with Crippen LogP contribution in [0, 0.1) is 6.92 Å². The molecule has 31 heavy (non-hydrogen) atoms. The molecule has 0 spiro atoms. The molecule has 4 aromatic rings. The van der Waals surface area contributed by atoms with E-state index in [-0.39, 0.29) is 23.4 Å². The summed E-state index contributed by atoms with van der Waals surface area (Å²) in [6, 6.07) is 20.5. The molecule has 0 aliphatic heterocycles. The van der Waals surface area contributed by atoms with Crippen LogP contribution in [0.15, 0.2) is 77.6 Å². The summed E-state index contributed by atoms with van der Waals surface area (Å²) in [4.78, 5) is 37.2. The molecule has 0 aliphatic carbocycles. The molecule has 1 N–H and O–H groups in total. The first kappa shape index (κ1) is 20.0. The van der Waals surface area contributed by atoms with Crippen LogP contribution in [0.1, 0.15) is 32.0 Å². The number of carboxylic acid groups (broad SMARTS) is 1. The van der Waals surface area contributed by atoms with Crippen molar-refractivity contribution in [2.45, 2.75) is 13.5 Å². The molecule has 7 heteroatoms. The van der Waals surface area contributed by atoms with Gasteiger partial charge in [-0.1, -0.05) is 60.7 Å². The van der Waals surface area contributed by atoms with E-state index < -0.39 is 11.9 Å². The number of aryl methyl sites for hydroxylation is 1. The number of fused-ring (bicyclic) bond motifs is 1. The Morgan fingerprint density at radius 2 is 1.65 bits per heavy atom. The first-order chi connectivity index (χ1) is 14.9. The normalized spacial score (nSPS) is 10.7. The topological polar surface area (TPSA) is 104 Å². The summed E-state index contributed by atoms with van der Waals surface area (Å²) < 4.78 is 1.26. The van der Waals surface area contributed by atoms with Gasteiger partial charge in [-0.2, -0.15) is 5.10 Å². The van der Waals surface area contributed by atoms with Crippen molar-refractivity contribution in [1.29, 1.82) is 0 Å². The van der Waals surface area contributed by atoms with Gasteiger partial charge in [-0.3, -0.25) is 9.59 Å². The first-order valence-electron chi connectivity index (χ1n) is 9.61. The van der Waals surface area contributed by atoms with E-state index in [9.17, 15) is 19.5 Å². The van der Waals surface area contributed by atoms with Gasteiger partial charge >= 0.3 is 0 Å². The SMILES string of the molecule is Cc1ccc(C(=O)[O-])cc1NC(=O)c1nn(Cc2ccccc2)c(=O)c2ccccc12. The highest BCUT2D eigenvalue weighted by molar-refractivity contribution is 6.11. The molecule has 0 fully saturated rings. The third-order valence-electron chi connectivity index (χ3n) is 4.98. The molecule has 3 aromatic carbocycles. The molecular formula is C24H18N3O4-. The maximum Gasteiger partial charge on any atom is 0.276 e. The lowest BCUT2D eigenvalue weighted by Crippen LogP contribution is -2.28. The van der Waals surface area contributed by atoms with Crippen molar-refractivity contribution < 1.29 is 14.7 Å². The molecular weight excluding hydrogens is 394 g/mol. The fourth-order valence-electron chi connectivity index (χ4n) is 3.33. The van der Waals surface area contributed by atoms with Crippen LogP contribution in [-0.4, -0.2) is 21.7 Å². The Labute approximate surface area is 177 Å². The lowest BCUT2D eigenvalue weighted by atomic mass is 10.1. The summed E-state index contributed by atoms with van der Waals surface area (Å²) in [6.45, 7) is 1.96. The second-order valence-electron chi connectivity index (χ2n) is 7.11. The van der Waals surface area contributed by atoms with E-state index in [0.717, 1.165) is 5.56 Å². The number of carboxylic acids is 1. The zero-order valence-corrected chi connectivity index (χ0v) is 16.7. The molecule has 0 bridgehead atoms. The molecule has 1 heterocycles. The molecule has 154 valence electrons. The van der Waals surface area contributed by atoms with Crippen molar-refractivity contribution in [3.63, 3.8) is 0 Å². The van der Waals surface area contributed by atoms with Crippen LogP contribution in [0.25, 0.3) is 10.8 Å². The average molecular weight is 412 g/mol. The van der Waals surface area contributed by atoms with E-state index in [4.69, 9.17) is 0 Å². The smallest absolute Gasteiger partial charge is 0.276 e. The highest BCUT2D eigenvalue weighted by atomic mass is 16.4. The van der Waals surface area contributed by atoms with E-state index in [1.807, 2.05) is 30.3 Å². The number of hydrogen-bond donors (Lipinski definition) is 1. The van der Waals surface area contributed by atoms with E-state index in [1.54, 1.807) is 37.3 Å². The number of benzene rings is 3.